The number of hydrogen-bond acceptors (Lipinski definition) is 7. The third-order valence-corrected chi connectivity index (χ3v) is 7.73. The van der Waals surface area contributed by atoms with Gasteiger partial charge in [0.2, 0.25) is 5.91 Å². The lowest BCUT2D eigenvalue weighted by Crippen LogP contribution is -2.45. The largest absolute Gasteiger partial charge is 0.457 e. The van der Waals surface area contributed by atoms with Gasteiger partial charge in [0.15, 0.2) is 0 Å². The van der Waals surface area contributed by atoms with E-state index in [2.05, 4.69) is 4.90 Å². The van der Waals surface area contributed by atoms with Gasteiger partial charge in [-0.05, 0) is 63.4 Å². The number of hydrogen-bond donors (Lipinski definition) is 1. The third kappa shape index (κ3) is 4.03. The number of benzene rings is 1. The molecule has 8 nitrogen and oxygen atoms in total. The number of amides is 1. The van der Waals surface area contributed by atoms with Gasteiger partial charge >= 0.3 is 11.9 Å². The molecule has 1 amide bonds. The highest BCUT2D eigenvalue weighted by atomic mass is 16.5. The van der Waals surface area contributed by atoms with Crippen LogP contribution in [0.15, 0.2) is 23.4 Å². The van der Waals surface area contributed by atoms with E-state index in [9.17, 15) is 19.5 Å². The first-order chi connectivity index (χ1) is 16.3. The zero-order chi connectivity index (χ0) is 24.6. The number of likely N-dealkylation sites (tertiary alicyclic amines) is 2. The van der Waals surface area contributed by atoms with Gasteiger partial charge < -0.3 is 24.4 Å². The maximum Gasteiger partial charge on any atom is 0.338 e. The van der Waals surface area contributed by atoms with Crippen molar-refractivity contribution in [2.45, 2.75) is 59.7 Å². The first-order valence-corrected chi connectivity index (χ1v) is 12.2. The lowest BCUT2D eigenvalue weighted by Gasteiger charge is -2.38. The Kier molecular flexibility index (Phi) is 6.82. The summed E-state index contributed by atoms with van der Waals surface area (Å²) in [5.74, 6) is -0.542. The van der Waals surface area contributed by atoms with E-state index in [0.29, 0.717) is 29.9 Å². The van der Waals surface area contributed by atoms with Crippen molar-refractivity contribution >= 4 is 17.8 Å². The van der Waals surface area contributed by atoms with Gasteiger partial charge in [0.25, 0.3) is 0 Å². The second-order valence-electron chi connectivity index (χ2n) is 9.33. The number of esters is 2. The summed E-state index contributed by atoms with van der Waals surface area (Å²) in [4.78, 5) is 40.7. The van der Waals surface area contributed by atoms with Gasteiger partial charge in [-0.15, -0.1) is 0 Å². The molecule has 0 bridgehead atoms. The number of fused-ring (bicyclic) bond motifs is 1. The molecular formula is C26H34N2O6. The summed E-state index contributed by atoms with van der Waals surface area (Å²) in [5.41, 5.74) is 4.03. The molecule has 34 heavy (non-hydrogen) atoms. The highest BCUT2D eigenvalue weighted by molar-refractivity contribution is 5.94. The van der Waals surface area contributed by atoms with Gasteiger partial charge in [0, 0.05) is 18.7 Å². The summed E-state index contributed by atoms with van der Waals surface area (Å²) in [6.45, 7) is 10.7. The van der Waals surface area contributed by atoms with Crippen molar-refractivity contribution in [2.75, 3.05) is 32.8 Å². The number of carbonyl (C=O) groups is 3. The Morgan fingerprint density at radius 3 is 2.26 bits per heavy atom. The van der Waals surface area contributed by atoms with Gasteiger partial charge in [0.05, 0.1) is 28.4 Å². The Hall–Kier alpha value is -2.71. The van der Waals surface area contributed by atoms with E-state index in [4.69, 9.17) is 9.47 Å². The summed E-state index contributed by atoms with van der Waals surface area (Å²) < 4.78 is 10.2. The number of β-amino-alcohol motifs (C(OH)–C–C–N with tert-alkyl or cyclic N) is 1. The second-order valence-corrected chi connectivity index (χ2v) is 9.33. The molecule has 1 aromatic carbocycles. The van der Waals surface area contributed by atoms with Crippen LogP contribution in [0.5, 0.6) is 0 Å². The number of carbonyl (C=O) groups excluding carboxylic acids is 3. The van der Waals surface area contributed by atoms with E-state index >= 15 is 0 Å². The predicted octanol–water partition coefficient (Wildman–Crippen LogP) is 2.87. The first-order valence-electron chi connectivity index (χ1n) is 12.2. The van der Waals surface area contributed by atoms with E-state index in [0.717, 1.165) is 49.0 Å². The highest BCUT2D eigenvalue weighted by Crippen LogP contribution is 2.44. The molecule has 184 valence electrons. The van der Waals surface area contributed by atoms with Gasteiger partial charge in [-0.25, -0.2) is 9.59 Å². The van der Waals surface area contributed by atoms with Crippen LogP contribution in [0.3, 0.4) is 0 Å². The topological polar surface area (TPSA) is 96.4 Å². The van der Waals surface area contributed by atoms with Crippen LogP contribution in [0.2, 0.25) is 0 Å². The number of piperidine rings is 1. The van der Waals surface area contributed by atoms with Gasteiger partial charge in [0.1, 0.15) is 13.2 Å². The average molecular weight is 471 g/mol. The summed E-state index contributed by atoms with van der Waals surface area (Å²) >= 11 is 0. The van der Waals surface area contributed by atoms with Crippen LogP contribution in [0.4, 0.5) is 0 Å². The molecule has 0 unspecified atom stereocenters. The lowest BCUT2D eigenvalue weighted by molar-refractivity contribution is -0.138. The number of ether oxygens (including phenoxy) is 2. The summed E-state index contributed by atoms with van der Waals surface area (Å²) in [6.07, 6.45) is 1.59. The Morgan fingerprint density at radius 2 is 1.62 bits per heavy atom. The standard InChI is InChI=1S/C24H28N2O6.C2H6/c1-14-16(3-4-17-18(14)12-31-22(17)29)20(27)11-25-8-5-24(6-9-25)7-10-26(23(24)30)19-13-32-21(28)15(19)2;1-2/h3-4,20,27H,5-13H2,1-2H3;1-2H3/t20-;/m1./s1. The second kappa shape index (κ2) is 9.50. The summed E-state index contributed by atoms with van der Waals surface area (Å²) in [6, 6.07) is 3.55. The molecule has 0 aliphatic carbocycles. The summed E-state index contributed by atoms with van der Waals surface area (Å²) in [7, 11) is 0. The molecular weight excluding hydrogens is 436 g/mol. The summed E-state index contributed by atoms with van der Waals surface area (Å²) in [5, 5.41) is 10.9. The van der Waals surface area contributed by atoms with Crippen LogP contribution in [0.25, 0.3) is 0 Å². The van der Waals surface area contributed by atoms with Gasteiger partial charge in [-0.1, -0.05) is 19.9 Å². The number of aliphatic hydroxyl groups excluding tert-OH is 1. The minimum atomic E-state index is -0.671. The SMILES string of the molecule is CC.CC1=C(N2CCC3(CCN(C[C@@H](O)c4ccc5c(c4C)COC5=O)CC3)C2=O)COC1=O. The number of rotatable bonds is 4. The quantitative estimate of drug-likeness (QED) is 0.676. The normalized spacial score (nSPS) is 22.5. The van der Waals surface area contributed by atoms with E-state index in [1.54, 1.807) is 17.9 Å². The molecule has 1 aromatic rings. The molecule has 4 aliphatic rings. The van der Waals surface area contributed by atoms with E-state index in [1.807, 2.05) is 26.8 Å². The molecule has 4 aliphatic heterocycles. The van der Waals surface area contributed by atoms with Crippen molar-refractivity contribution in [1.82, 2.24) is 9.80 Å². The maximum absolute atomic E-state index is 13.3. The van der Waals surface area contributed by atoms with Crippen LogP contribution in [-0.4, -0.2) is 65.5 Å². The number of nitrogens with zero attached hydrogens (tertiary/aromatic N) is 2. The third-order valence-electron chi connectivity index (χ3n) is 7.73. The van der Waals surface area contributed by atoms with Crippen LogP contribution in [0, 0.1) is 12.3 Å². The fraction of sp³-hybridized carbons (Fsp3) is 0.577. The Morgan fingerprint density at radius 1 is 0.971 bits per heavy atom. The average Bonchev–Trinajstić information content (AvgIpc) is 3.48. The fourth-order valence-electron chi connectivity index (χ4n) is 5.53. The molecule has 0 aromatic heterocycles. The lowest BCUT2D eigenvalue weighted by atomic mass is 9.77. The molecule has 1 spiro atoms. The van der Waals surface area contributed by atoms with Crippen molar-refractivity contribution in [3.63, 3.8) is 0 Å². The monoisotopic (exact) mass is 470 g/mol. The van der Waals surface area contributed by atoms with Crippen molar-refractivity contribution in [1.29, 1.82) is 0 Å². The molecule has 4 heterocycles. The van der Waals surface area contributed by atoms with Crippen molar-refractivity contribution in [2.24, 2.45) is 5.41 Å². The first kappa shape index (κ1) is 24.4. The Labute approximate surface area is 200 Å². The van der Waals surface area contributed by atoms with Crippen LogP contribution >= 0.6 is 0 Å². The number of aliphatic hydroxyl groups is 1. The van der Waals surface area contributed by atoms with Crippen LogP contribution in [-0.2, 0) is 25.7 Å². The number of cyclic esters (lactones) is 2. The minimum Gasteiger partial charge on any atom is -0.457 e. The highest BCUT2D eigenvalue weighted by Gasteiger charge is 2.50. The molecule has 0 saturated carbocycles. The fourth-order valence-corrected chi connectivity index (χ4v) is 5.53. The van der Waals surface area contributed by atoms with Gasteiger partial charge in [-0.2, -0.15) is 0 Å². The van der Waals surface area contributed by atoms with Crippen molar-refractivity contribution in [3.8, 4) is 0 Å². The van der Waals surface area contributed by atoms with E-state index in [1.165, 1.54) is 0 Å². The van der Waals surface area contributed by atoms with Crippen LogP contribution < -0.4 is 0 Å². The van der Waals surface area contributed by atoms with Crippen molar-refractivity contribution in [3.05, 3.63) is 45.7 Å². The van der Waals surface area contributed by atoms with Crippen LogP contribution in [0.1, 0.15) is 73.2 Å². The zero-order valence-corrected chi connectivity index (χ0v) is 20.5. The zero-order valence-electron chi connectivity index (χ0n) is 20.5. The van der Waals surface area contributed by atoms with Crippen molar-refractivity contribution < 1.29 is 29.0 Å². The van der Waals surface area contributed by atoms with Gasteiger partial charge in [-0.3, -0.25) is 4.79 Å². The van der Waals surface area contributed by atoms with E-state index < -0.39 is 6.10 Å². The predicted molar refractivity (Wildman–Crippen MR) is 125 cm³/mol. The molecule has 0 radical (unpaired) electrons. The molecule has 5 rings (SSSR count). The minimum absolute atomic E-state index is 0.101. The Bertz CT molecular complexity index is 1040. The Balaban J connectivity index is 0.00000133. The molecule has 2 fully saturated rings. The molecule has 1 N–H and O–H groups in total. The molecule has 1 atom stereocenters. The smallest absolute Gasteiger partial charge is 0.338 e. The van der Waals surface area contributed by atoms with E-state index in [-0.39, 0.29) is 36.5 Å². The molecule has 2 saturated heterocycles. The molecule has 8 heteroatoms. The maximum atomic E-state index is 13.3.